The molecule has 3 atom stereocenters. The normalized spacial score (nSPS) is 18.9. The number of rotatable bonds is 14. The molecule has 0 aliphatic carbocycles. The van der Waals surface area contributed by atoms with Crippen molar-refractivity contribution in [3.63, 3.8) is 0 Å². The van der Waals surface area contributed by atoms with E-state index in [0.717, 1.165) is 12.8 Å². The van der Waals surface area contributed by atoms with Crippen LogP contribution in [0.3, 0.4) is 0 Å². The summed E-state index contributed by atoms with van der Waals surface area (Å²) in [5, 5.41) is 3.33. The predicted octanol–water partition coefficient (Wildman–Crippen LogP) is 2.45. The summed E-state index contributed by atoms with van der Waals surface area (Å²) < 4.78 is 18.5. The van der Waals surface area contributed by atoms with Crippen LogP contribution in [0.15, 0.2) is 0 Å². The average molecular weight is 364 g/mol. The molecular formula is C17H41N3O3Si. The standard InChI is InChI=1S/C17H41N3O3Si/c1-8-15(5)17(9-2,14-16(6,19)20-13-12-18)23-24(7,21-10-3)22-11-4/h15,20H,8-14,18-19H2,1-7H3. The fourth-order valence-corrected chi connectivity index (χ4v) is 5.67. The third-order valence-electron chi connectivity index (χ3n) is 4.65. The van der Waals surface area contributed by atoms with Gasteiger partial charge in [-0.1, -0.05) is 27.2 Å². The molecule has 0 bridgehead atoms. The lowest BCUT2D eigenvalue weighted by Crippen LogP contribution is -2.61. The molecule has 0 saturated heterocycles. The van der Waals surface area contributed by atoms with Crippen molar-refractivity contribution in [2.45, 2.75) is 78.6 Å². The summed E-state index contributed by atoms with van der Waals surface area (Å²) in [5.74, 6) is 0.331. The van der Waals surface area contributed by atoms with E-state index in [1.54, 1.807) is 0 Å². The summed E-state index contributed by atoms with van der Waals surface area (Å²) in [5.41, 5.74) is 11.2. The molecule has 6 nitrogen and oxygen atoms in total. The van der Waals surface area contributed by atoms with Gasteiger partial charge < -0.3 is 24.7 Å². The molecule has 24 heavy (non-hydrogen) atoms. The van der Waals surface area contributed by atoms with Crippen LogP contribution in [0.5, 0.6) is 0 Å². The molecule has 0 amide bonds. The smallest absolute Gasteiger partial charge is 0.374 e. The van der Waals surface area contributed by atoms with Gasteiger partial charge in [0.25, 0.3) is 0 Å². The van der Waals surface area contributed by atoms with Crippen LogP contribution >= 0.6 is 0 Å². The molecule has 0 saturated carbocycles. The summed E-state index contributed by atoms with van der Waals surface area (Å²) in [4.78, 5) is 0. The highest BCUT2D eigenvalue weighted by atomic mass is 28.4. The highest BCUT2D eigenvalue weighted by Crippen LogP contribution is 2.38. The van der Waals surface area contributed by atoms with Crippen molar-refractivity contribution in [2.24, 2.45) is 17.4 Å². The van der Waals surface area contributed by atoms with Crippen LogP contribution in [0.4, 0.5) is 0 Å². The van der Waals surface area contributed by atoms with E-state index in [-0.39, 0.29) is 0 Å². The van der Waals surface area contributed by atoms with Gasteiger partial charge in [-0.3, -0.25) is 5.32 Å². The van der Waals surface area contributed by atoms with Crippen LogP contribution in [0.25, 0.3) is 0 Å². The van der Waals surface area contributed by atoms with Gasteiger partial charge in [0.2, 0.25) is 0 Å². The topological polar surface area (TPSA) is 91.8 Å². The van der Waals surface area contributed by atoms with Crippen molar-refractivity contribution < 1.29 is 13.3 Å². The van der Waals surface area contributed by atoms with Crippen molar-refractivity contribution in [3.8, 4) is 0 Å². The van der Waals surface area contributed by atoms with E-state index in [2.05, 4.69) is 26.1 Å². The van der Waals surface area contributed by atoms with E-state index in [1.807, 2.05) is 27.3 Å². The summed E-state index contributed by atoms with van der Waals surface area (Å²) in [6.07, 6.45) is 2.53. The maximum atomic E-state index is 6.67. The van der Waals surface area contributed by atoms with Crippen molar-refractivity contribution in [1.29, 1.82) is 0 Å². The molecule has 0 radical (unpaired) electrons. The second-order valence-corrected chi connectivity index (χ2v) is 9.37. The summed E-state index contributed by atoms with van der Waals surface area (Å²) >= 11 is 0. The fraction of sp³-hybridized carbons (Fsp3) is 1.00. The first kappa shape index (κ1) is 24.0. The average Bonchev–Trinajstić information content (AvgIpc) is 2.51. The number of nitrogens with one attached hydrogen (secondary N) is 1. The molecule has 0 aliphatic heterocycles. The Kier molecular flexibility index (Phi) is 10.8. The Hall–Kier alpha value is -0.0231. The molecular weight excluding hydrogens is 322 g/mol. The largest absolute Gasteiger partial charge is 0.498 e. The Morgan fingerprint density at radius 2 is 1.67 bits per heavy atom. The van der Waals surface area contributed by atoms with E-state index in [4.69, 9.17) is 24.7 Å². The lowest BCUT2D eigenvalue weighted by atomic mass is 9.78. The Labute approximate surface area is 150 Å². The van der Waals surface area contributed by atoms with E-state index < -0.39 is 20.1 Å². The molecule has 0 spiro atoms. The third kappa shape index (κ3) is 7.47. The molecule has 0 rings (SSSR count). The van der Waals surface area contributed by atoms with Crippen LogP contribution in [-0.4, -0.2) is 46.4 Å². The van der Waals surface area contributed by atoms with E-state index in [1.165, 1.54) is 0 Å². The van der Waals surface area contributed by atoms with Gasteiger partial charge in [0.15, 0.2) is 0 Å². The summed E-state index contributed by atoms with van der Waals surface area (Å²) in [6.45, 7) is 16.9. The Bertz CT molecular complexity index is 339. The Balaban J connectivity index is 5.54. The van der Waals surface area contributed by atoms with Gasteiger partial charge in [0.05, 0.1) is 11.3 Å². The monoisotopic (exact) mass is 363 g/mol. The zero-order valence-corrected chi connectivity index (χ0v) is 17.9. The first-order valence-electron chi connectivity index (χ1n) is 9.36. The van der Waals surface area contributed by atoms with Crippen LogP contribution in [0, 0.1) is 5.92 Å². The predicted molar refractivity (Wildman–Crippen MR) is 103 cm³/mol. The molecule has 0 heterocycles. The van der Waals surface area contributed by atoms with Crippen molar-refractivity contribution in [2.75, 3.05) is 26.3 Å². The molecule has 5 N–H and O–H groups in total. The Morgan fingerprint density at radius 1 is 1.12 bits per heavy atom. The molecule has 3 unspecified atom stereocenters. The number of hydrogen-bond donors (Lipinski definition) is 3. The van der Waals surface area contributed by atoms with Gasteiger partial charge in [-0.05, 0) is 33.1 Å². The van der Waals surface area contributed by atoms with Gasteiger partial charge in [0.1, 0.15) is 0 Å². The fourth-order valence-electron chi connectivity index (χ4n) is 3.26. The molecule has 0 aliphatic rings. The Morgan fingerprint density at radius 3 is 2.04 bits per heavy atom. The van der Waals surface area contributed by atoms with E-state index in [9.17, 15) is 0 Å². The van der Waals surface area contributed by atoms with Gasteiger partial charge in [0, 0.05) is 39.3 Å². The second kappa shape index (κ2) is 10.9. The van der Waals surface area contributed by atoms with Gasteiger partial charge in [-0.15, -0.1) is 0 Å². The van der Waals surface area contributed by atoms with Crippen LogP contribution < -0.4 is 16.8 Å². The second-order valence-electron chi connectivity index (χ2n) is 6.87. The summed E-state index contributed by atoms with van der Waals surface area (Å²) in [6, 6.07) is 0. The SMILES string of the molecule is CCO[Si](C)(OCC)OC(CC)(CC(C)(N)NCCN)C(C)CC. The first-order valence-corrected chi connectivity index (χ1v) is 11.6. The quantitative estimate of drug-likeness (QED) is 0.324. The minimum absolute atomic E-state index is 0.331. The molecule has 146 valence electrons. The molecule has 0 aromatic carbocycles. The van der Waals surface area contributed by atoms with Crippen LogP contribution in [0.2, 0.25) is 6.55 Å². The van der Waals surface area contributed by atoms with Crippen molar-refractivity contribution in [3.05, 3.63) is 0 Å². The van der Waals surface area contributed by atoms with Gasteiger partial charge in [-0.25, -0.2) is 0 Å². The first-order chi connectivity index (χ1) is 11.1. The lowest BCUT2D eigenvalue weighted by Gasteiger charge is -2.47. The molecule has 0 aromatic rings. The van der Waals surface area contributed by atoms with Crippen molar-refractivity contribution in [1.82, 2.24) is 5.32 Å². The number of hydrogen-bond acceptors (Lipinski definition) is 6. The number of nitrogens with two attached hydrogens (primary N) is 2. The van der Waals surface area contributed by atoms with Crippen LogP contribution in [0.1, 0.15) is 60.8 Å². The van der Waals surface area contributed by atoms with E-state index in [0.29, 0.717) is 38.6 Å². The van der Waals surface area contributed by atoms with Crippen LogP contribution in [-0.2, 0) is 13.3 Å². The zero-order chi connectivity index (χ0) is 18.9. The molecule has 7 heteroatoms. The highest BCUT2D eigenvalue weighted by Gasteiger charge is 2.48. The third-order valence-corrected chi connectivity index (χ3v) is 7.05. The molecule has 0 aromatic heterocycles. The molecule has 0 fully saturated rings. The zero-order valence-electron chi connectivity index (χ0n) is 16.9. The minimum atomic E-state index is -2.72. The maximum absolute atomic E-state index is 6.67. The summed E-state index contributed by atoms with van der Waals surface area (Å²) in [7, 11) is -2.72. The van der Waals surface area contributed by atoms with Gasteiger partial charge in [-0.2, -0.15) is 0 Å². The lowest BCUT2D eigenvalue weighted by molar-refractivity contribution is -0.0788. The highest BCUT2D eigenvalue weighted by molar-refractivity contribution is 6.59. The minimum Gasteiger partial charge on any atom is -0.374 e. The maximum Gasteiger partial charge on any atom is 0.498 e. The van der Waals surface area contributed by atoms with E-state index >= 15 is 0 Å². The van der Waals surface area contributed by atoms with Gasteiger partial charge >= 0.3 is 8.80 Å². The van der Waals surface area contributed by atoms with Crippen molar-refractivity contribution >= 4 is 8.80 Å².